The number of nitrogens with one attached hydrogen (secondary N) is 1. The Morgan fingerprint density at radius 1 is 1.19 bits per heavy atom. The van der Waals surface area contributed by atoms with Gasteiger partial charge in [-0.25, -0.2) is 0 Å². The van der Waals surface area contributed by atoms with Crippen LogP contribution in [0, 0.1) is 24.0 Å². The predicted molar refractivity (Wildman–Crippen MR) is 103 cm³/mol. The van der Waals surface area contributed by atoms with Crippen molar-refractivity contribution in [3.05, 3.63) is 68.8 Å². The summed E-state index contributed by atoms with van der Waals surface area (Å²) in [6, 6.07) is 10.5. The van der Waals surface area contributed by atoms with Gasteiger partial charge in [0.15, 0.2) is 0 Å². The van der Waals surface area contributed by atoms with Crippen molar-refractivity contribution in [1.29, 1.82) is 0 Å². The Hall–Kier alpha value is -2.93. The Balaban J connectivity index is 1.84. The van der Waals surface area contributed by atoms with Gasteiger partial charge in [-0.05, 0) is 31.0 Å². The van der Waals surface area contributed by atoms with Crippen LogP contribution in [0.1, 0.15) is 27.0 Å². The van der Waals surface area contributed by atoms with Crippen LogP contribution in [-0.2, 0) is 11.3 Å². The molecular weight excluding hydrogens is 346 g/mol. The molecule has 2 aromatic rings. The van der Waals surface area contributed by atoms with Crippen LogP contribution in [0.3, 0.4) is 0 Å². The maximum atomic E-state index is 12.8. The van der Waals surface area contributed by atoms with E-state index in [-0.39, 0.29) is 11.6 Å². The van der Waals surface area contributed by atoms with E-state index in [1.165, 1.54) is 12.1 Å². The van der Waals surface area contributed by atoms with Crippen molar-refractivity contribution >= 4 is 17.3 Å². The molecule has 0 bridgehead atoms. The molecule has 27 heavy (non-hydrogen) atoms. The zero-order valence-electron chi connectivity index (χ0n) is 15.5. The first-order valence-electron chi connectivity index (χ1n) is 8.91. The monoisotopic (exact) mass is 369 g/mol. The molecule has 142 valence electrons. The molecule has 0 atom stereocenters. The van der Waals surface area contributed by atoms with Crippen LogP contribution in [0.2, 0.25) is 0 Å². The third-order valence-corrected chi connectivity index (χ3v) is 4.72. The van der Waals surface area contributed by atoms with E-state index in [9.17, 15) is 14.9 Å². The molecule has 1 heterocycles. The van der Waals surface area contributed by atoms with Crippen molar-refractivity contribution in [3.63, 3.8) is 0 Å². The van der Waals surface area contributed by atoms with Gasteiger partial charge < -0.3 is 15.0 Å². The predicted octanol–water partition coefficient (Wildman–Crippen LogP) is 2.98. The lowest BCUT2D eigenvalue weighted by Gasteiger charge is -2.30. The maximum absolute atomic E-state index is 12.8. The number of rotatable bonds is 5. The number of hydrogen-bond acceptors (Lipinski definition) is 5. The number of nitro groups is 1. The van der Waals surface area contributed by atoms with Gasteiger partial charge in [0.05, 0.1) is 29.4 Å². The molecule has 0 radical (unpaired) electrons. The minimum Gasteiger partial charge on any atom is -0.378 e. The summed E-state index contributed by atoms with van der Waals surface area (Å²) in [6.45, 7) is 6.83. The molecule has 0 saturated carbocycles. The van der Waals surface area contributed by atoms with E-state index in [0.29, 0.717) is 44.1 Å². The fourth-order valence-corrected chi connectivity index (χ4v) is 3.21. The van der Waals surface area contributed by atoms with Crippen molar-refractivity contribution in [2.75, 3.05) is 31.2 Å². The number of aryl methyl sites for hydroxylation is 2. The number of nitrogens with zero attached hydrogens (tertiary/aromatic N) is 2. The smallest absolute Gasteiger partial charge is 0.270 e. The highest BCUT2D eigenvalue weighted by Crippen LogP contribution is 2.26. The molecule has 7 nitrogen and oxygen atoms in total. The van der Waals surface area contributed by atoms with Crippen LogP contribution < -0.4 is 10.2 Å². The second-order valence-corrected chi connectivity index (χ2v) is 6.67. The molecule has 1 aliphatic rings. The van der Waals surface area contributed by atoms with Crippen molar-refractivity contribution < 1.29 is 14.5 Å². The quantitative estimate of drug-likeness (QED) is 0.647. The number of carbonyl (C=O) groups excluding carboxylic acids is 1. The van der Waals surface area contributed by atoms with Crippen LogP contribution in [-0.4, -0.2) is 37.1 Å². The molecule has 1 aliphatic heterocycles. The van der Waals surface area contributed by atoms with Gasteiger partial charge in [-0.2, -0.15) is 0 Å². The number of anilines is 1. The number of benzene rings is 2. The number of non-ortho nitro benzene ring substituents is 1. The Morgan fingerprint density at radius 2 is 1.93 bits per heavy atom. The molecule has 1 amide bonds. The lowest BCUT2D eigenvalue weighted by atomic mass is 10.1. The fraction of sp³-hybridized carbons (Fsp3) is 0.350. The van der Waals surface area contributed by atoms with Gasteiger partial charge in [-0.3, -0.25) is 14.9 Å². The zero-order valence-corrected chi connectivity index (χ0v) is 15.5. The van der Waals surface area contributed by atoms with E-state index < -0.39 is 4.92 Å². The number of nitro benzene ring substituents is 1. The normalized spacial score (nSPS) is 14.1. The molecule has 1 N–H and O–H groups in total. The Morgan fingerprint density at radius 3 is 2.59 bits per heavy atom. The average Bonchev–Trinajstić information content (AvgIpc) is 2.67. The highest BCUT2D eigenvalue weighted by molar-refractivity contribution is 6.00. The van der Waals surface area contributed by atoms with Crippen LogP contribution in [0.5, 0.6) is 0 Å². The third-order valence-electron chi connectivity index (χ3n) is 4.72. The molecule has 0 aromatic heterocycles. The molecule has 0 unspecified atom stereocenters. The Kier molecular flexibility index (Phi) is 5.71. The van der Waals surface area contributed by atoms with Gasteiger partial charge in [-0.15, -0.1) is 0 Å². The summed E-state index contributed by atoms with van der Waals surface area (Å²) < 4.78 is 5.36. The lowest BCUT2D eigenvalue weighted by Crippen LogP contribution is -2.38. The van der Waals surface area contributed by atoms with E-state index in [1.54, 1.807) is 6.07 Å². The molecule has 0 spiro atoms. The minimum absolute atomic E-state index is 0.0938. The highest BCUT2D eigenvalue weighted by atomic mass is 16.6. The number of morpholine rings is 1. The summed E-state index contributed by atoms with van der Waals surface area (Å²) in [6.07, 6.45) is 0. The summed E-state index contributed by atoms with van der Waals surface area (Å²) in [5, 5.41) is 14.1. The first-order chi connectivity index (χ1) is 13.0. The van der Waals surface area contributed by atoms with Gasteiger partial charge in [0.2, 0.25) is 0 Å². The second kappa shape index (κ2) is 8.18. The van der Waals surface area contributed by atoms with Crippen molar-refractivity contribution in [2.45, 2.75) is 20.4 Å². The molecular formula is C20H23N3O4. The average molecular weight is 369 g/mol. The topological polar surface area (TPSA) is 84.7 Å². The van der Waals surface area contributed by atoms with E-state index in [1.807, 2.05) is 30.9 Å². The van der Waals surface area contributed by atoms with Gasteiger partial charge in [0.1, 0.15) is 0 Å². The van der Waals surface area contributed by atoms with E-state index >= 15 is 0 Å². The van der Waals surface area contributed by atoms with E-state index in [4.69, 9.17) is 4.74 Å². The SMILES string of the molecule is Cc1ccc(CNC(=O)c2cc([N+](=O)[O-])ccc2N2CCOCC2)c(C)c1. The minimum atomic E-state index is -0.482. The molecule has 1 fully saturated rings. The van der Waals surface area contributed by atoms with Crippen molar-refractivity contribution in [3.8, 4) is 0 Å². The van der Waals surface area contributed by atoms with E-state index in [0.717, 1.165) is 16.7 Å². The van der Waals surface area contributed by atoms with Gasteiger partial charge in [0.25, 0.3) is 11.6 Å². The maximum Gasteiger partial charge on any atom is 0.270 e. The molecule has 2 aromatic carbocycles. The number of amides is 1. The number of hydrogen-bond donors (Lipinski definition) is 1. The highest BCUT2D eigenvalue weighted by Gasteiger charge is 2.22. The number of ether oxygens (including phenoxy) is 1. The molecule has 0 aliphatic carbocycles. The van der Waals surface area contributed by atoms with Crippen molar-refractivity contribution in [2.24, 2.45) is 0 Å². The fourth-order valence-electron chi connectivity index (χ4n) is 3.21. The number of carbonyl (C=O) groups is 1. The van der Waals surface area contributed by atoms with Crippen LogP contribution in [0.15, 0.2) is 36.4 Å². The molecule has 7 heteroatoms. The second-order valence-electron chi connectivity index (χ2n) is 6.67. The first-order valence-corrected chi connectivity index (χ1v) is 8.91. The van der Waals surface area contributed by atoms with Crippen LogP contribution in [0.4, 0.5) is 11.4 Å². The Labute approximate surface area is 158 Å². The summed E-state index contributed by atoms with van der Waals surface area (Å²) in [5.74, 6) is -0.319. The lowest BCUT2D eigenvalue weighted by molar-refractivity contribution is -0.384. The van der Waals surface area contributed by atoms with Crippen LogP contribution >= 0.6 is 0 Å². The Bertz CT molecular complexity index is 860. The summed E-state index contributed by atoms with van der Waals surface area (Å²) in [4.78, 5) is 25.5. The standard InChI is InChI=1S/C20H23N3O4/c1-14-3-4-16(15(2)11-14)13-21-20(24)18-12-17(23(25)26)5-6-19(18)22-7-9-27-10-8-22/h3-6,11-12H,7-10,13H2,1-2H3,(H,21,24). The van der Waals surface area contributed by atoms with Gasteiger partial charge in [-0.1, -0.05) is 23.8 Å². The summed E-state index contributed by atoms with van der Waals surface area (Å²) in [7, 11) is 0. The summed E-state index contributed by atoms with van der Waals surface area (Å²) in [5.41, 5.74) is 4.20. The van der Waals surface area contributed by atoms with Gasteiger partial charge in [0, 0.05) is 31.8 Å². The van der Waals surface area contributed by atoms with Gasteiger partial charge >= 0.3 is 0 Å². The third kappa shape index (κ3) is 4.43. The van der Waals surface area contributed by atoms with Crippen LogP contribution in [0.25, 0.3) is 0 Å². The largest absolute Gasteiger partial charge is 0.378 e. The summed E-state index contributed by atoms with van der Waals surface area (Å²) >= 11 is 0. The van der Waals surface area contributed by atoms with Crippen molar-refractivity contribution in [1.82, 2.24) is 5.32 Å². The first kappa shape index (κ1) is 18.8. The molecule has 3 rings (SSSR count). The molecule has 1 saturated heterocycles. The van der Waals surface area contributed by atoms with E-state index in [2.05, 4.69) is 11.4 Å². The zero-order chi connectivity index (χ0) is 19.4.